The summed E-state index contributed by atoms with van der Waals surface area (Å²) < 4.78 is 0. The zero-order valence-corrected chi connectivity index (χ0v) is 11.3. The largest absolute Gasteiger partial charge is 0.335 e. The predicted octanol–water partition coefficient (Wildman–Crippen LogP) is 1.89. The summed E-state index contributed by atoms with van der Waals surface area (Å²) in [6, 6.07) is 4.14. The topological polar surface area (TPSA) is 32.3 Å². The molecule has 0 bridgehead atoms. The molecule has 0 unspecified atom stereocenters. The van der Waals surface area contributed by atoms with Crippen molar-refractivity contribution >= 4 is 17.2 Å². The number of thiophene rings is 1. The molecule has 17 heavy (non-hydrogen) atoms. The molecule has 1 aliphatic heterocycles. The van der Waals surface area contributed by atoms with Crippen molar-refractivity contribution in [1.82, 2.24) is 10.2 Å². The SMILES string of the molecule is CC1(C)CNCCN1C(=O)CCc1cccs1. The highest BCUT2D eigenvalue weighted by molar-refractivity contribution is 7.09. The van der Waals surface area contributed by atoms with Crippen molar-refractivity contribution in [3.63, 3.8) is 0 Å². The molecule has 3 nitrogen and oxygen atoms in total. The molecule has 0 spiro atoms. The lowest BCUT2D eigenvalue weighted by Gasteiger charge is -2.43. The van der Waals surface area contributed by atoms with E-state index in [0.29, 0.717) is 6.42 Å². The average Bonchev–Trinajstić information content (AvgIpc) is 2.78. The fraction of sp³-hybridized carbons (Fsp3) is 0.615. The molecule has 1 aromatic rings. The van der Waals surface area contributed by atoms with Gasteiger partial charge >= 0.3 is 0 Å². The van der Waals surface area contributed by atoms with Crippen molar-refractivity contribution < 1.29 is 4.79 Å². The van der Waals surface area contributed by atoms with E-state index in [9.17, 15) is 4.79 Å². The average molecular weight is 252 g/mol. The van der Waals surface area contributed by atoms with Crippen molar-refractivity contribution in [2.75, 3.05) is 19.6 Å². The molecule has 0 atom stereocenters. The molecular formula is C13H20N2OS. The Morgan fingerprint density at radius 1 is 1.59 bits per heavy atom. The number of rotatable bonds is 3. The van der Waals surface area contributed by atoms with Crippen LogP contribution < -0.4 is 5.32 Å². The molecule has 1 aromatic heterocycles. The van der Waals surface area contributed by atoms with Gasteiger partial charge in [-0.1, -0.05) is 6.07 Å². The van der Waals surface area contributed by atoms with Gasteiger partial charge in [-0.2, -0.15) is 0 Å². The summed E-state index contributed by atoms with van der Waals surface area (Å²) in [5.74, 6) is 0.282. The highest BCUT2D eigenvalue weighted by Crippen LogP contribution is 2.19. The molecule has 0 saturated carbocycles. The maximum absolute atomic E-state index is 12.2. The van der Waals surface area contributed by atoms with Gasteiger partial charge in [0.1, 0.15) is 0 Å². The van der Waals surface area contributed by atoms with E-state index in [0.717, 1.165) is 26.1 Å². The summed E-state index contributed by atoms with van der Waals surface area (Å²) in [5.41, 5.74) is -0.0508. The molecule has 2 rings (SSSR count). The van der Waals surface area contributed by atoms with Crippen LogP contribution in [0.3, 0.4) is 0 Å². The molecule has 2 heterocycles. The summed E-state index contributed by atoms with van der Waals surface area (Å²) in [6.07, 6.45) is 1.50. The third kappa shape index (κ3) is 3.07. The number of piperazine rings is 1. The smallest absolute Gasteiger partial charge is 0.223 e. The fourth-order valence-electron chi connectivity index (χ4n) is 2.27. The van der Waals surface area contributed by atoms with Crippen LogP contribution in [-0.4, -0.2) is 36.0 Å². The van der Waals surface area contributed by atoms with Gasteiger partial charge in [0.15, 0.2) is 0 Å². The van der Waals surface area contributed by atoms with Crippen molar-refractivity contribution in [1.29, 1.82) is 0 Å². The molecule has 1 fully saturated rings. The minimum absolute atomic E-state index is 0.0508. The standard InChI is InChI=1S/C13H20N2OS/c1-13(2)10-14-7-8-15(13)12(16)6-5-11-4-3-9-17-11/h3-4,9,14H,5-8,10H2,1-2H3. The Morgan fingerprint density at radius 2 is 2.41 bits per heavy atom. The summed E-state index contributed by atoms with van der Waals surface area (Å²) in [4.78, 5) is 15.5. The lowest BCUT2D eigenvalue weighted by molar-refractivity contribution is -0.137. The van der Waals surface area contributed by atoms with E-state index < -0.39 is 0 Å². The molecule has 0 radical (unpaired) electrons. The maximum Gasteiger partial charge on any atom is 0.223 e. The number of carbonyl (C=O) groups is 1. The van der Waals surface area contributed by atoms with Crippen LogP contribution in [0.2, 0.25) is 0 Å². The molecule has 1 amide bonds. The Labute approximate surface area is 107 Å². The van der Waals surface area contributed by atoms with Crippen LogP contribution in [0, 0.1) is 0 Å². The van der Waals surface area contributed by atoms with Gasteiger partial charge in [0.2, 0.25) is 5.91 Å². The Kier molecular flexibility index (Phi) is 3.84. The summed E-state index contributed by atoms with van der Waals surface area (Å²) >= 11 is 1.73. The van der Waals surface area contributed by atoms with Gasteiger partial charge in [0.05, 0.1) is 0 Å². The number of aryl methyl sites for hydroxylation is 1. The van der Waals surface area contributed by atoms with Gasteiger partial charge in [0.25, 0.3) is 0 Å². The molecule has 1 saturated heterocycles. The summed E-state index contributed by atoms with van der Waals surface area (Å²) in [6.45, 7) is 6.88. The Balaban J connectivity index is 1.90. The van der Waals surface area contributed by atoms with E-state index in [1.807, 2.05) is 11.0 Å². The second-order valence-corrected chi connectivity index (χ2v) is 6.15. The molecule has 4 heteroatoms. The Morgan fingerprint density at radius 3 is 3.06 bits per heavy atom. The van der Waals surface area contributed by atoms with Crippen LogP contribution in [0.15, 0.2) is 17.5 Å². The number of hydrogen-bond donors (Lipinski definition) is 1. The number of nitrogens with zero attached hydrogens (tertiary/aromatic N) is 1. The molecule has 94 valence electrons. The first-order valence-corrected chi connectivity index (χ1v) is 7.01. The van der Waals surface area contributed by atoms with Crippen molar-refractivity contribution in [2.24, 2.45) is 0 Å². The number of amides is 1. The lowest BCUT2D eigenvalue weighted by atomic mass is 9.99. The van der Waals surface area contributed by atoms with Gasteiger partial charge in [-0.05, 0) is 31.7 Å². The monoisotopic (exact) mass is 252 g/mol. The van der Waals surface area contributed by atoms with Gasteiger partial charge < -0.3 is 10.2 Å². The quantitative estimate of drug-likeness (QED) is 0.891. The van der Waals surface area contributed by atoms with Crippen LogP contribution in [0.25, 0.3) is 0 Å². The lowest BCUT2D eigenvalue weighted by Crippen LogP contribution is -2.59. The van der Waals surface area contributed by atoms with Crippen LogP contribution in [-0.2, 0) is 11.2 Å². The van der Waals surface area contributed by atoms with Gasteiger partial charge in [-0.25, -0.2) is 0 Å². The number of hydrogen-bond acceptors (Lipinski definition) is 3. The summed E-state index contributed by atoms with van der Waals surface area (Å²) in [7, 11) is 0. The van der Waals surface area contributed by atoms with E-state index >= 15 is 0 Å². The van der Waals surface area contributed by atoms with Crippen molar-refractivity contribution in [3.05, 3.63) is 22.4 Å². The van der Waals surface area contributed by atoms with E-state index in [2.05, 4.69) is 30.6 Å². The zero-order valence-electron chi connectivity index (χ0n) is 10.5. The molecule has 1 N–H and O–H groups in total. The second-order valence-electron chi connectivity index (χ2n) is 5.11. The first-order chi connectivity index (χ1) is 8.09. The normalized spacial score (nSPS) is 19.3. The minimum atomic E-state index is -0.0508. The van der Waals surface area contributed by atoms with Crippen LogP contribution >= 0.6 is 11.3 Å². The molecular weight excluding hydrogens is 232 g/mol. The molecule has 0 aromatic carbocycles. The maximum atomic E-state index is 12.2. The van der Waals surface area contributed by atoms with E-state index in [1.54, 1.807) is 11.3 Å². The third-order valence-electron chi connectivity index (χ3n) is 3.27. The second kappa shape index (κ2) is 5.19. The molecule has 0 aliphatic carbocycles. The third-order valence-corrected chi connectivity index (χ3v) is 4.20. The predicted molar refractivity (Wildman–Crippen MR) is 71.3 cm³/mol. The first kappa shape index (κ1) is 12.6. The summed E-state index contributed by atoms with van der Waals surface area (Å²) in [5, 5.41) is 5.40. The first-order valence-electron chi connectivity index (χ1n) is 6.13. The minimum Gasteiger partial charge on any atom is -0.335 e. The molecule has 1 aliphatic rings. The van der Waals surface area contributed by atoms with Crippen LogP contribution in [0.5, 0.6) is 0 Å². The highest BCUT2D eigenvalue weighted by atomic mass is 32.1. The Hall–Kier alpha value is -0.870. The number of carbonyl (C=O) groups excluding carboxylic acids is 1. The zero-order chi connectivity index (χ0) is 12.3. The highest BCUT2D eigenvalue weighted by Gasteiger charge is 2.32. The number of nitrogens with one attached hydrogen (secondary N) is 1. The van der Waals surface area contributed by atoms with Crippen molar-refractivity contribution in [2.45, 2.75) is 32.2 Å². The van der Waals surface area contributed by atoms with Crippen molar-refractivity contribution in [3.8, 4) is 0 Å². The van der Waals surface area contributed by atoms with E-state index in [4.69, 9.17) is 0 Å². The van der Waals surface area contributed by atoms with E-state index in [-0.39, 0.29) is 11.4 Å². The van der Waals surface area contributed by atoms with Crippen LogP contribution in [0.4, 0.5) is 0 Å². The van der Waals surface area contributed by atoms with Gasteiger partial charge in [-0.3, -0.25) is 4.79 Å². The van der Waals surface area contributed by atoms with Gasteiger partial charge in [-0.15, -0.1) is 11.3 Å². The van der Waals surface area contributed by atoms with E-state index in [1.165, 1.54) is 4.88 Å². The van der Waals surface area contributed by atoms with Crippen LogP contribution in [0.1, 0.15) is 25.1 Å². The Bertz CT molecular complexity index is 373. The van der Waals surface area contributed by atoms with Gasteiger partial charge in [0, 0.05) is 36.5 Å². The fourth-order valence-corrected chi connectivity index (χ4v) is 2.97.